The largest absolute Gasteiger partial charge is 0.497 e. The van der Waals surface area contributed by atoms with E-state index in [1.54, 1.807) is 37.5 Å². The van der Waals surface area contributed by atoms with Crippen LogP contribution in [0.4, 0.5) is 5.69 Å². The van der Waals surface area contributed by atoms with Gasteiger partial charge in [0.1, 0.15) is 11.8 Å². The number of esters is 1. The summed E-state index contributed by atoms with van der Waals surface area (Å²) < 4.78 is 14.9. The molecule has 7 heteroatoms. The molecular weight excluding hydrogens is 326 g/mol. The molecule has 1 heterocycles. The van der Waals surface area contributed by atoms with Crippen molar-refractivity contribution in [3.63, 3.8) is 0 Å². The Balaban J connectivity index is 2.18. The Kier molecular flexibility index (Phi) is 6.19. The monoisotopic (exact) mass is 347 g/mol. The molecule has 134 valence electrons. The Bertz CT molecular complexity index is 654. The molecule has 3 atom stereocenters. The predicted molar refractivity (Wildman–Crippen MR) is 91.1 cm³/mol. The van der Waals surface area contributed by atoms with Crippen molar-refractivity contribution in [3.8, 4) is 5.75 Å². The maximum Gasteiger partial charge on any atom is 0.333 e. The van der Waals surface area contributed by atoms with Gasteiger partial charge in [-0.15, -0.1) is 6.58 Å². The molecular formula is C18H21NO6. The summed E-state index contributed by atoms with van der Waals surface area (Å²) in [7, 11) is 2.79. The number of carbonyl (C=O) groups is 2. The van der Waals surface area contributed by atoms with Gasteiger partial charge in [-0.2, -0.15) is 0 Å². The average molecular weight is 347 g/mol. The molecule has 1 aliphatic heterocycles. The molecule has 1 fully saturated rings. The number of anilines is 1. The quantitative estimate of drug-likeness (QED) is 0.252. The third-order valence-electron chi connectivity index (χ3n) is 3.87. The number of amides is 1. The lowest BCUT2D eigenvalue weighted by atomic mass is 9.90. The van der Waals surface area contributed by atoms with Gasteiger partial charge < -0.3 is 19.3 Å². The number of ether oxygens (including phenoxy) is 3. The molecule has 1 N–H and O–H groups in total. The summed E-state index contributed by atoms with van der Waals surface area (Å²) in [5, 5.41) is 10.4. The van der Waals surface area contributed by atoms with Crippen molar-refractivity contribution in [2.75, 3.05) is 19.1 Å². The highest BCUT2D eigenvalue weighted by molar-refractivity contribution is 6.05. The van der Waals surface area contributed by atoms with Crippen molar-refractivity contribution >= 4 is 17.6 Å². The van der Waals surface area contributed by atoms with Crippen LogP contribution in [0.15, 0.2) is 49.3 Å². The van der Waals surface area contributed by atoms with Crippen molar-refractivity contribution in [2.24, 2.45) is 0 Å². The lowest BCUT2D eigenvalue weighted by Crippen LogP contribution is -2.70. The molecule has 0 spiro atoms. The first-order valence-corrected chi connectivity index (χ1v) is 7.69. The molecule has 1 saturated heterocycles. The summed E-state index contributed by atoms with van der Waals surface area (Å²) in [6.45, 7) is 3.61. The van der Waals surface area contributed by atoms with Crippen molar-refractivity contribution in [3.05, 3.63) is 49.3 Å². The number of aliphatic hydroxyl groups excluding tert-OH is 1. The Morgan fingerprint density at radius 2 is 2.04 bits per heavy atom. The number of benzene rings is 1. The summed E-state index contributed by atoms with van der Waals surface area (Å²) in [6.07, 6.45) is 2.30. The van der Waals surface area contributed by atoms with Crippen LogP contribution in [0.3, 0.4) is 0 Å². The van der Waals surface area contributed by atoms with Crippen molar-refractivity contribution in [2.45, 2.75) is 24.7 Å². The zero-order chi connectivity index (χ0) is 18.4. The molecule has 0 radical (unpaired) electrons. The van der Waals surface area contributed by atoms with Crippen LogP contribution < -0.4 is 9.64 Å². The first-order chi connectivity index (χ1) is 12.0. The minimum Gasteiger partial charge on any atom is -0.497 e. The van der Waals surface area contributed by atoms with Gasteiger partial charge in [0.05, 0.1) is 32.7 Å². The zero-order valence-corrected chi connectivity index (χ0v) is 14.1. The van der Waals surface area contributed by atoms with Crippen molar-refractivity contribution in [1.82, 2.24) is 0 Å². The average Bonchev–Trinajstić information content (AvgIpc) is 2.63. The third-order valence-corrected chi connectivity index (χ3v) is 3.87. The van der Waals surface area contributed by atoms with E-state index in [1.807, 2.05) is 0 Å². The number of methoxy groups -OCH3 is 2. The van der Waals surface area contributed by atoms with E-state index in [2.05, 4.69) is 11.3 Å². The lowest BCUT2D eigenvalue weighted by molar-refractivity contribution is -0.142. The van der Waals surface area contributed by atoms with Gasteiger partial charge in [-0.25, -0.2) is 4.79 Å². The van der Waals surface area contributed by atoms with E-state index in [0.717, 1.165) is 12.3 Å². The Morgan fingerprint density at radius 1 is 1.36 bits per heavy atom. The topological polar surface area (TPSA) is 85.3 Å². The first kappa shape index (κ1) is 18.5. The van der Waals surface area contributed by atoms with Crippen LogP contribution in [0.2, 0.25) is 0 Å². The normalized spacial score (nSPS) is 20.8. The summed E-state index contributed by atoms with van der Waals surface area (Å²) in [4.78, 5) is 25.0. The lowest BCUT2D eigenvalue weighted by Gasteiger charge is -2.47. The van der Waals surface area contributed by atoms with E-state index in [0.29, 0.717) is 17.9 Å². The molecule has 0 aromatic heterocycles. The molecule has 7 nitrogen and oxygen atoms in total. The molecule has 0 unspecified atom stereocenters. The third kappa shape index (κ3) is 4.00. The minimum absolute atomic E-state index is 0.297. The molecule has 1 aliphatic rings. The van der Waals surface area contributed by atoms with Crippen LogP contribution in [-0.4, -0.2) is 49.5 Å². The van der Waals surface area contributed by atoms with Crippen LogP contribution in [0.1, 0.15) is 6.42 Å². The Labute approximate surface area is 146 Å². The number of rotatable bonds is 8. The van der Waals surface area contributed by atoms with Gasteiger partial charge in [0.2, 0.25) is 0 Å². The molecule has 2 rings (SSSR count). The van der Waals surface area contributed by atoms with E-state index < -0.39 is 24.2 Å². The number of aliphatic hydroxyl groups is 1. The molecule has 0 aliphatic carbocycles. The summed E-state index contributed by atoms with van der Waals surface area (Å²) in [5.74, 6) is -0.247. The number of hydrogen-bond acceptors (Lipinski definition) is 6. The zero-order valence-electron chi connectivity index (χ0n) is 14.1. The van der Waals surface area contributed by atoms with E-state index in [1.165, 1.54) is 12.0 Å². The Morgan fingerprint density at radius 3 is 2.60 bits per heavy atom. The number of hydrogen-bond donors (Lipinski definition) is 1. The van der Waals surface area contributed by atoms with Gasteiger partial charge >= 0.3 is 5.97 Å². The van der Waals surface area contributed by atoms with Gasteiger partial charge in [0, 0.05) is 5.69 Å². The van der Waals surface area contributed by atoms with Crippen LogP contribution in [-0.2, 0) is 19.1 Å². The fraction of sp³-hybridized carbons (Fsp3) is 0.333. The number of carbonyl (C=O) groups excluding carboxylic acids is 2. The highest BCUT2D eigenvalue weighted by atomic mass is 16.5. The Hall–Kier alpha value is -2.80. The van der Waals surface area contributed by atoms with Crippen molar-refractivity contribution < 1.29 is 28.9 Å². The van der Waals surface area contributed by atoms with E-state index in [4.69, 9.17) is 9.47 Å². The first-order valence-electron chi connectivity index (χ1n) is 7.69. The van der Waals surface area contributed by atoms with E-state index in [9.17, 15) is 14.7 Å². The second kappa shape index (κ2) is 8.34. The highest BCUT2D eigenvalue weighted by Gasteiger charge is 2.52. The van der Waals surface area contributed by atoms with E-state index >= 15 is 0 Å². The van der Waals surface area contributed by atoms with Crippen molar-refractivity contribution in [1.29, 1.82) is 0 Å². The maximum absolute atomic E-state index is 12.5. The maximum atomic E-state index is 12.5. The molecule has 0 saturated carbocycles. The fourth-order valence-corrected chi connectivity index (χ4v) is 2.60. The fourth-order valence-electron chi connectivity index (χ4n) is 2.60. The molecule has 25 heavy (non-hydrogen) atoms. The number of nitrogens with zero attached hydrogens (tertiary/aromatic N) is 1. The van der Waals surface area contributed by atoms with Gasteiger partial charge in [0.25, 0.3) is 5.91 Å². The van der Waals surface area contributed by atoms with Crippen LogP contribution in [0, 0.1) is 0 Å². The van der Waals surface area contributed by atoms with Gasteiger partial charge in [-0.1, -0.05) is 6.08 Å². The standard InChI is InChI=1S/C18H21NO6/c1-4-5-14(20)16-17(25-11-10-15(21)24-3)18(22)19(16)12-6-8-13(23-2)9-7-12/h4,6-11,14,16-17,20H,1,5H2,2-3H3/b11-10+/t14-,16+,17-/m1/s1. The molecule has 1 aromatic carbocycles. The molecule has 1 aromatic rings. The van der Waals surface area contributed by atoms with Gasteiger partial charge in [0.15, 0.2) is 6.10 Å². The summed E-state index contributed by atoms with van der Waals surface area (Å²) in [5.41, 5.74) is 0.621. The second-order valence-corrected chi connectivity index (χ2v) is 5.37. The van der Waals surface area contributed by atoms with Crippen LogP contribution in [0.25, 0.3) is 0 Å². The van der Waals surface area contributed by atoms with Gasteiger partial charge in [-0.3, -0.25) is 9.69 Å². The van der Waals surface area contributed by atoms with Crippen LogP contribution >= 0.6 is 0 Å². The van der Waals surface area contributed by atoms with Gasteiger partial charge in [-0.05, 0) is 30.7 Å². The van der Waals surface area contributed by atoms with Crippen LogP contribution in [0.5, 0.6) is 5.75 Å². The minimum atomic E-state index is -0.891. The summed E-state index contributed by atoms with van der Waals surface area (Å²) in [6, 6.07) is 6.31. The SMILES string of the molecule is C=CC[C@@H](O)[C@H]1[C@@H](O/C=C/C(=O)OC)C(=O)N1c1ccc(OC)cc1. The predicted octanol–water partition coefficient (Wildman–Crippen LogP) is 1.42. The highest BCUT2D eigenvalue weighted by Crippen LogP contribution is 2.34. The molecule has 0 bridgehead atoms. The second-order valence-electron chi connectivity index (χ2n) is 5.37. The smallest absolute Gasteiger partial charge is 0.333 e. The molecule has 1 amide bonds. The number of β-lactam (4-membered cyclic amide) rings is 1. The van der Waals surface area contributed by atoms with E-state index in [-0.39, 0.29) is 5.91 Å². The summed E-state index contributed by atoms with van der Waals surface area (Å²) >= 11 is 0.